The molecule has 0 amide bonds. The lowest BCUT2D eigenvalue weighted by molar-refractivity contribution is -0.0105. The van der Waals surface area contributed by atoms with E-state index in [0.717, 1.165) is 24.9 Å². The lowest BCUT2D eigenvalue weighted by Gasteiger charge is -2.29. The van der Waals surface area contributed by atoms with E-state index < -0.39 is 0 Å². The van der Waals surface area contributed by atoms with Crippen LogP contribution in [0.2, 0.25) is 0 Å². The summed E-state index contributed by atoms with van der Waals surface area (Å²) in [6.45, 7) is 5.54. The molecule has 0 bridgehead atoms. The number of nitrogens with zero attached hydrogens (tertiary/aromatic N) is 1. The van der Waals surface area contributed by atoms with Crippen LogP contribution in [0.4, 0.5) is 0 Å². The molecular weight excluding hydrogens is 168 g/mol. The molecule has 13 heavy (non-hydrogen) atoms. The first-order valence-electron chi connectivity index (χ1n) is 4.52. The van der Waals surface area contributed by atoms with E-state index >= 15 is 0 Å². The SMILES string of the molecule is Cc1cnc(C(C)NC2COC2)o1. The number of rotatable bonds is 3. The predicted octanol–water partition coefficient (Wildman–Crippen LogP) is 1.03. The molecule has 1 N–H and O–H groups in total. The van der Waals surface area contributed by atoms with Gasteiger partial charge in [-0.3, -0.25) is 5.32 Å². The lowest BCUT2D eigenvalue weighted by Crippen LogP contribution is -2.46. The molecule has 1 fully saturated rings. The average molecular weight is 182 g/mol. The van der Waals surface area contributed by atoms with Crippen molar-refractivity contribution >= 4 is 0 Å². The highest BCUT2D eigenvalue weighted by Crippen LogP contribution is 2.14. The van der Waals surface area contributed by atoms with Crippen molar-refractivity contribution in [2.24, 2.45) is 0 Å². The quantitative estimate of drug-likeness (QED) is 0.758. The monoisotopic (exact) mass is 182 g/mol. The maximum absolute atomic E-state index is 5.40. The van der Waals surface area contributed by atoms with Gasteiger partial charge in [0.05, 0.1) is 31.5 Å². The fourth-order valence-corrected chi connectivity index (χ4v) is 1.33. The summed E-state index contributed by atoms with van der Waals surface area (Å²) >= 11 is 0. The highest BCUT2D eigenvalue weighted by atomic mass is 16.5. The zero-order valence-electron chi connectivity index (χ0n) is 7.91. The van der Waals surface area contributed by atoms with Crippen LogP contribution in [0.5, 0.6) is 0 Å². The third-order valence-corrected chi connectivity index (χ3v) is 2.13. The highest BCUT2D eigenvalue weighted by molar-refractivity contribution is 4.96. The normalized spacial score (nSPS) is 19.8. The average Bonchev–Trinajstić information content (AvgIpc) is 2.44. The molecule has 1 aliphatic rings. The molecule has 0 spiro atoms. The molecule has 4 heteroatoms. The molecular formula is C9H14N2O2. The second-order valence-corrected chi connectivity index (χ2v) is 3.43. The van der Waals surface area contributed by atoms with Crippen LogP contribution >= 0.6 is 0 Å². The number of oxazole rings is 1. The summed E-state index contributed by atoms with van der Waals surface area (Å²) in [6.07, 6.45) is 1.74. The Balaban J connectivity index is 1.92. The molecule has 72 valence electrons. The smallest absolute Gasteiger partial charge is 0.211 e. The standard InChI is InChI=1S/C9H14N2O2/c1-6-3-10-9(13-6)7(2)11-8-4-12-5-8/h3,7-8,11H,4-5H2,1-2H3. The minimum absolute atomic E-state index is 0.169. The first-order chi connectivity index (χ1) is 6.25. The maximum Gasteiger partial charge on any atom is 0.211 e. The predicted molar refractivity (Wildman–Crippen MR) is 47.4 cm³/mol. The molecule has 0 aliphatic carbocycles. The van der Waals surface area contributed by atoms with E-state index in [9.17, 15) is 0 Å². The zero-order chi connectivity index (χ0) is 9.26. The molecule has 2 rings (SSSR count). The van der Waals surface area contributed by atoms with Crippen LogP contribution in [0, 0.1) is 6.92 Å². The molecule has 1 saturated heterocycles. The summed E-state index contributed by atoms with van der Waals surface area (Å²) in [4.78, 5) is 4.16. The number of nitrogens with one attached hydrogen (secondary N) is 1. The van der Waals surface area contributed by atoms with E-state index in [1.807, 2.05) is 13.8 Å². The van der Waals surface area contributed by atoms with Gasteiger partial charge in [0.25, 0.3) is 0 Å². The van der Waals surface area contributed by atoms with Crippen LogP contribution < -0.4 is 5.32 Å². The van der Waals surface area contributed by atoms with Gasteiger partial charge in [0.1, 0.15) is 5.76 Å². The highest BCUT2D eigenvalue weighted by Gasteiger charge is 2.22. The van der Waals surface area contributed by atoms with Crippen molar-refractivity contribution in [2.75, 3.05) is 13.2 Å². The maximum atomic E-state index is 5.40. The summed E-state index contributed by atoms with van der Waals surface area (Å²) in [5.74, 6) is 1.61. The second-order valence-electron chi connectivity index (χ2n) is 3.43. The fourth-order valence-electron chi connectivity index (χ4n) is 1.33. The Morgan fingerprint density at radius 3 is 2.85 bits per heavy atom. The lowest BCUT2D eigenvalue weighted by atomic mass is 10.2. The first-order valence-corrected chi connectivity index (χ1v) is 4.52. The van der Waals surface area contributed by atoms with E-state index in [-0.39, 0.29) is 6.04 Å². The molecule has 0 radical (unpaired) electrons. The van der Waals surface area contributed by atoms with Gasteiger partial charge in [-0.2, -0.15) is 0 Å². The van der Waals surface area contributed by atoms with E-state index in [1.165, 1.54) is 0 Å². The van der Waals surface area contributed by atoms with Crippen LogP contribution in [0.1, 0.15) is 24.6 Å². The Morgan fingerprint density at radius 2 is 2.38 bits per heavy atom. The zero-order valence-corrected chi connectivity index (χ0v) is 7.91. The number of hydrogen-bond donors (Lipinski definition) is 1. The van der Waals surface area contributed by atoms with Crippen LogP contribution in [0.3, 0.4) is 0 Å². The van der Waals surface area contributed by atoms with Gasteiger partial charge in [-0.05, 0) is 13.8 Å². The Hall–Kier alpha value is -0.870. The Kier molecular flexibility index (Phi) is 2.33. The van der Waals surface area contributed by atoms with Gasteiger partial charge in [0.2, 0.25) is 5.89 Å². The Morgan fingerprint density at radius 1 is 1.62 bits per heavy atom. The summed E-state index contributed by atoms with van der Waals surface area (Å²) in [7, 11) is 0. The molecule has 1 unspecified atom stereocenters. The van der Waals surface area contributed by atoms with Crippen LogP contribution in [-0.2, 0) is 4.74 Å². The first kappa shape index (κ1) is 8.72. The largest absolute Gasteiger partial charge is 0.444 e. The summed E-state index contributed by atoms with van der Waals surface area (Å²) < 4.78 is 10.5. The fraction of sp³-hybridized carbons (Fsp3) is 0.667. The van der Waals surface area contributed by atoms with Crippen molar-refractivity contribution in [3.8, 4) is 0 Å². The van der Waals surface area contributed by atoms with Crippen molar-refractivity contribution < 1.29 is 9.15 Å². The molecule has 4 nitrogen and oxygen atoms in total. The third kappa shape index (κ3) is 1.89. The van der Waals surface area contributed by atoms with Crippen LogP contribution in [0.25, 0.3) is 0 Å². The van der Waals surface area contributed by atoms with Gasteiger partial charge in [-0.25, -0.2) is 4.98 Å². The van der Waals surface area contributed by atoms with Gasteiger partial charge < -0.3 is 9.15 Å². The number of aromatic nitrogens is 1. The minimum Gasteiger partial charge on any atom is -0.444 e. The summed E-state index contributed by atoms with van der Waals surface area (Å²) in [5.41, 5.74) is 0. The van der Waals surface area contributed by atoms with E-state index in [1.54, 1.807) is 6.20 Å². The molecule has 1 aliphatic heterocycles. The van der Waals surface area contributed by atoms with Gasteiger partial charge >= 0.3 is 0 Å². The van der Waals surface area contributed by atoms with Crippen molar-refractivity contribution in [1.29, 1.82) is 0 Å². The molecule has 2 heterocycles. The third-order valence-electron chi connectivity index (χ3n) is 2.13. The number of hydrogen-bond acceptors (Lipinski definition) is 4. The Labute approximate surface area is 77.3 Å². The van der Waals surface area contributed by atoms with Gasteiger partial charge in [-0.15, -0.1) is 0 Å². The molecule has 1 atom stereocenters. The molecule has 0 saturated carbocycles. The van der Waals surface area contributed by atoms with Crippen molar-refractivity contribution in [2.45, 2.75) is 25.9 Å². The van der Waals surface area contributed by atoms with Gasteiger partial charge in [-0.1, -0.05) is 0 Å². The van der Waals surface area contributed by atoms with Crippen molar-refractivity contribution in [1.82, 2.24) is 10.3 Å². The topological polar surface area (TPSA) is 47.3 Å². The Bertz CT molecular complexity index is 281. The molecule has 1 aromatic heterocycles. The van der Waals surface area contributed by atoms with Gasteiger partial charge in [0, 0.05) is 0 Å². The van der Waals surface area contributed by atoms with Crippen molar-refractivity contribution in [3.63, 3.8) is 0 Å². The summed E-state index contributed by atoms with van der Waals surface area (Å²) in [6, 6.07) is 0.629. The summed E-state index contributed by atoms with van der Waals surface area (Å²) in [5, 5.41) is 3.36. The van der Waals surface area contributed by atoms with E-state index in [4.69, 9.17) is 9.15 Å². The van der Waals surface area contributed by atoms with Gasteiger partial charge in [0.15, 0.2) is 0 Å². The minimum atomic E-state index is 0.169. The molecule has 1 aromatic rings. The van der Waals surface area contributed by atoms with Crippen LogP contribution in [-0.4, -0.2) is 24.2 Å². The number of ether oxygens (including phenoxy) is 1. The molecule has 0 aromatic carbocycles. The number of aryl methyl sites for hydroxylation is 1. The van der Waals surface area contributed by atoms with E-state index in [0.29, 0.717) is 6.04 Å². The van der Waals surface area contributed by atoms with E-state index in [2.05, 4.69) is 10.3 Å². The van der Waals surface area contributed by atoms with Crippen LogP contribution in [0.15, 0.2) is 10.6 Å². The second kappa shape index (κ2) is 3.47. The van der Waals surface area contributed by atoms with Crippen molar-refractivity contribution in [3.05, 3.63) is 17.8 Å².